The minimum absolute atomic E-state index is 0.0463. The van der Waals surface area contributed by atoms with Crippen molar-refractivity contribution in [2.45, 2.75) is 13.0 Å². The molecule has 0 amide bonds. The topological polar surface area (TPSA) is 79.4 Å². The fourth-order valence-corrected chi connectivity index (χ4v) is 1.48. The van der Waals surface area contributed by atoms with Crippen LogP contribution in [0.4, 0.5) is 5.82 Å². The zero-order chi connectivity index (χ0) is 10.7. The van der Waals surface area contributed by atoms with Gasteiger partial charge in [0, 0.05) is 6.20 Å². The van der Waals surface area contributed by atoms with Gasteiger partial charge in [0.2, 0.25) is 0 Å². The molecule has 0 aliphatic carbocycles. The zero-order valence-electron chi connectivity index (χ0n) is 7.98. The number of rotatable bonds is 3. The van der Waals surface area contributed by atoms with E-state index in [-0.39, 0.29) is 6.04 Å². The second kappa shape index (κ2) is 4.35. The summed E-state index contributed by atoms with van der Waals surface area (Å²) in [6, 6.07) is 3.72. The van der Waals surface area contributed by atoms with E-state index in [9.17, 15) is 0 Å². The van der Waals surface area contributed by atoms with Gasteiger partial charge in [-0.05, 0) is 35.0 Å². The Kier molecular flexibility index (Phi) is 2.91. The number of tetrazole rings is 1. The van der Waals surface area contributed by atoms with Gasteiger partial charge in [-0.15, -0.1) is 10.2 Å². The maximum atomic E-state index is 4.18. The lowest BCUT2D eigenvalue weighted by Gasteiger charge is -2.11. The van der Waals surface area contributed by atoms with Crippen LogP contribution in [0.5, 0.6) is 0 Å². The van der Waals surface area contributed by atoms with Crippen LogP contribution >= 0.6 is 15.9 Å². The zero-order valence-corrected chi connectivity index (χ0v) is 9.56. The van der Waals surface area contributed by atoms with Gasteiger partial charge in [-0.2, -0.15) is 5.21 Å². The fourth-order valence-electron chi connectivity index (χ4n) is 1.11. The predicted octanol–water partition coefficient (Wildman–Crippen LogP) is 1.53. The first kappa shape index (κ1) is 10.0. The number of aromatic amines is 1. The molecule has 2 aromatic heterocycles. The summed E-state index contributed by atoms with van der Waals surface area (Å²) in [7, 11) is 0. The minimum atomic E-state index is -0.0463. The molecule has 2 heterocycles. The molecule has 1 atom stereocenters. The maximum absolute atomic E-state index is 4.18. The Morgan fingerprint density at radius 1 is 1.53 bits per heavy atom. The molecular weight excluding hydrogens is 260 g/mol. The monoisotopic (exact) mass is 268 g/mol. The van der Waals surface area contributed by atoms with Gasteiger partial charge in [0.25, 0.3) is 0 Å². The number of anilines is 1. The Hall–Kier alpha value is -1.50. The Balaban J connectivity index is 2.13. The van der Waals surface area contributed by atoms with Crippen LogP contribution in [0.2, 0.25) is 0 Å². The number of hydrogen-bond acceptors (Lipinski definition) is 5. The standard InChI is InChI=1S/C8H9BrN6/c1-5(7-12-14-15-13-7)11-8-6(9)3-2-4-10-8/h2-5H,1H3,(H,10,11)(H,12,13,14,15). The largest absolute Gasteiger partial charge is 0.359 e. The Morgan fingerprint density at radius 2 is 2.40 bits per heavy atom. The molecule has 2 N–H and O–H groups in total. The first-order valence-electron chi connectivity index (χ1n) is 4.38. The van der Waals surface area contributed by atoms with Crippen molar-refractivity contribution >= 4 is 21.7 Å². The van der Waals surface area contributed by atoms with E-state index in [0.717, 1.165) is 10.3 Å². The van der Waals surface area contributed by atoms with E-state index in [1.807, 2.05) is 19.1 Å². The molecule has 2 rings (SSSR count). The summed E-state index contributed by atoms with van der Waals surface area (Å²) >= 11 is 3.40. The Bertz CT molecular complexity index is 428. The number of H-pyrrole nitrogens is 1. The van der Waals surface area contributed by atoms with Crippen LogP contribution in [-0.4, -0.2) is 25.6 Å². The molecular formula is C8H9BrN6. The van der Waals surface area contributed by atoms with Crippen molar-refractivity contribution in [1.29, 1.82) is 0 Å². The van der Waals surface area contributed by atoms with Gasteiger partial charge in [0.05, 0.1) is 10.5 Å². The van der Waals surface area contributed by atoms with Gasteiger partial charge in [-0.3, -0.25) is 0 Å². The number of halogens is 1. The lowest BCUT2D eigenvalue weighted by molar-refractivity contribution is 0.787. The van der Waals surface area contributed by atoms with Crippen LogP contribution in [0.15, 0.2) is 22.8 Å². The Morgan fingerprint density at radius 3 is 3.07 bits per heavy atom. The van der Waals surface area contributed by atoms with Crippen LogP contribution < -0.4 is 5.32 Å². The summed E-state index contributed by atoms with van der Waals surface area (Å²) in [5.74, 6) is 1.36. The third-order valence-corrected chi connectivity index (χ3v) is 2.50. The molecule has 7 heteroatoms. The highest BCUT2D eigenvalue weighted by Gasteiger charge is 2.11. The summed E-state index contributed by atoms with van der Waals surface area (Å²) in [5, 5.41) is 16.9. The second-order valence-electron chi connectivity index (χ2n) is 2.97. The molecule has 0 fully saturated rings. The quantitative estimate of drug-likeness (QED) is 0.883. The fraction of sp³-hybridized carbons (Fsp3) is 0.250. The van der Waals surface area contributed by atoms with Crippen LogP contribution in [-0.2, 0) is 0 Å². The van der Waals surface area contributed by atoms with Gasteiger partial charge in [-0.1, -0.05) is 5.21 Å². The third-order valence-electron chi connectivity index (χ3n) is 1.86. The molecule has 0 bridgehead atoms. The predicted molar refractivity (Wildman–Crippen MR) is 58.2 cm³/mol. The Labute approximate surface area is 94.6 Å². The summed E-state index contributed by atoms with van der Waals surface area (Å²) in [4.78, 5) is 4.18. The molecule has 6 nitrogen and oxygen atoms in total. The lowest BCUT2D eigenvalue weighted by Crippen LogP contribution is -2.10. The highest BCUT2D eigenvalue weighted by Crippen LogP contribution is 2.22. The van der Waals surface area contributed by atoms with E-state index >= 15 is 0 Å². The SMILES string of the molecule is CC(Nc1ncccc1Br)c1nn[nH]n1. The van der Waals surface area contributed by atoms with Crippen molar-refractivity contribution in [3.05, 3.63) is 28.6 Å². The summed E-state index contributed by atoms with van der Waals surface area (Å²) < 4.78 is 0.903. The van der Waals surface area contributed by atoms with Crippen molar-refractivity contribution in [1.82, 2.24) is 25.6 Å². The molecule has 1 unspecified atom stereocenters. The van der Waals surface area contributed by atoms with E-state index in [1.54, 1.807) is 6.20 Å². The van der Waals surface area contributed by atoms with Gasteiger partial charge < -0.3 is 5.32 Å². The van der Waals surface area contributed by atoms with Crippen LogP contribution in [0.1, 0.15) is 18.8 Å². The van der Waals surface area contributed by atoms with E-state index in [1.165, 1.54) is 0 Å². The second-order valence-corrected chi connectivity index (χ2v) is 3.82. The van der Waals surface area contributed by atoms with Crippen molar-refractivity contribution in [3.8, 4) is 0 Å². The molecule has 2 aromatic rings. The van der Waals surface area contributed by atoms with Crippen molar-refractivity contribution in [2.75, 3.05) is 5.32 Å². The van der Waals surface area contributed by atoms with E-state index in [2.05, 4.69) is 46.9 Å². The van der Waals surface area contributed by atoms with E-state index in [4.69, 9.17) is 0 Å². The third kappa shape index (κ3) is 2.30. The molecule has 0 saturated heterocycles. The average molecular weight is 269 g/mol. The van der Waals surface area contributed by atoms with Crippen LogP contribution in [0.3, 0.4) is 0 Å². The lowest BCUT2D eigenvalue weighted by atomic mass is 10.3. The molecule has 0 spiro atoms. The van der Waals surface area contributed by atoms with Crippen LogP contribution in [0.25, 0.3) is 0 Å². The minimum Gasteiger partial charge on any atom is -0.359 e. The molecule has 0 saturated carbocycles. The molecule has 15 heavy (non-hydrogen) atoms. The van der Waals surface area contributed by atoms with Crippen LogP contribution in [0, 0.1) is 0 Å². The smallest absolute Gasteiger partial charge is 0.196 e. The van der Waals surface area contributed by atoms with Gasteiger partial charge in [0.15, 0.2) is 5.82 Å². The first-order chi connectivity index (χ1) is 7.27. The van der Waals surface area contributed by atoms with E-state index < -0.39 is 0 Å². The molecule has 78 valence electrons. The number of nitrogens with zero attached hydrogens (tertiary/aromatic N) is 4. The maximum Gasteiger partial charge on any atom is 0.196 e. The highest BCUT2D eigenvalue weighted by molar-refractivity contribution is 9.10. The average Bonchev–Trinajstić information content (AvgIpc) is 2.74. The number of aromatic nitrogens is 5. The number of nitrogens with one attached hydrogen (secondary N) is 2. The normalized spacial score (nSPS) is 12.4. The van der Waals surface area contributed by atoms with Crippen molar-refractivity contribution < 1.29 is 0 Å². The van der Waals surface area contributed by atoms with Gasteiger partial charge >= 0.3 is 0 Å². The molecule has 0 aliphatic rings. The highest BCUT2D eigenvalue weighted by atomic mass is 79.9. The molecule has 0 aromatic carbocycles. The van der Waals surface area contributed by atoms with Gasteiger partial charge in [0.1, 0.15) is 5.82 Å². The first-order valence-corrected chi connectivity index (χ1v) is 5.17. The summed E-state index contributed by atoms with van der Waals surface area (Å²) in [5.41, 5.74) is 0. The number of hydrogen-bond donors (Lipinski definition) is 2. The molecule has 0 radical (unpaired) electrons. The van der Waals surface area contributed by atoms with Crippen molar-refractivity contribution in [2.24, 2.45) is 0 Å². The van der Waals surface area contributed by atoms with Gasteiger partial charge in [-0.25, -0.2) is 4.98 Å². The van der Waals surface area contributed by atoms with Crippen molar-refractivity contribution in [3.63, 3.8) is 0 Å². The summed E-state index contributed by atoms with van der Waals surface area (Å²) in [6.07, 6.45) is 1.72. The number of pyridine rings is 1. The molecule has 0 aliphatic heterocycles. The summed E-state index contributed by atoms with van der Waals surface area (Å²) in [6.45, 7) is 1.94. The van der Waals surface area contributed by atoms with E-state index in [0.29, 0.717) is 5.82 Å².